The van der Waals surface area contributed by atoms with E-state index in [-0.39, 0.29) is 24.8 Å². The molecule has 1 atom stereocenters. The normalized spacial score (nSPS) is 12.5. The van der Waals surface area contributed by atoms with Crippen LogP contribution in [-0.4, -0.2) is 40.5 Å². The van der Waals surface area contributed by atoms with Crippen LogP contribution in [0, 0.1) is 0 Å². The third-order valence-corrected chi connectivity index (χ3v) is 3.22. The first kappa shape index (κ1) is 23.9. The fourth-order valence-electron chi connectivity index (χ4n) is 1.14. The van der Waals surface area contributed by atoms with Gasteiger partial charge in [0.2, 0.25) is 0 Å². The topological polar surface area (TPSA) is 102 Å². The summed E-state index contributed by atoms with van der Waals surface area (Å²) in [7, 11) is 0. The van der Waals surface area contributed by atoms with E-state index in [1.165, 1.54) is 0 Å². The molecule has 0 aliphatic carbocycles. The monoisotopic (exact) mass is 333 g/mol. The van der Waals surface area contributed by atoms with E-state index in [9.17, 15) is 4.79 Å². The maximum atomic E-state index is 10.4. The lowest BCUT2D eigenvalue weighted by molar-refractivity contribution is -0.138. The summed E-state index contributed by atoms with van der Waals surface area (Å²) in [6.07, 6.45) is 1.88. The largest absolute Gasteiger partial charge is 0.480 e. The maximum Gasteiger partial charge on any atom is 0.320 e. The van der Waals surface area contributed by atoms with Crippen molar-refractivity contribution in [2.45, 2.75) is 44.4 Å². The van der Waals surface area contributed by atoms with Crippen LogP contribution in [0.15, 0.2) is 4.99 Å². The van der Waals surface area contributed by atoms with Crippen LogP contribution in [0.25, 0.3) is 0 Å². The number of nitrogens with two attached hydrogens (primary N) is 2. The van der Waals surface area contributed by atoms with E-state index < -0.39 is 12.0 Å². The number of carboxylic acids is 1. The molecule has 0 bridgehead atoms. The van der Waals surface area contributed by atoms with Crippen LogP contribution in [0.1, 0.15) is 33.1 Å². The SMILES string of the molecule is CC(C)SCCC(N)=NCCC[C@H](N)C(=O)O.Cl.Cl. The fourth-order valence-corrected chi connectivity index (χ4v) is 1.93. The Hall–Kier alpha value is -0.170. The molecule has 0 saturated carbocycles. The first-order valence-electron chi connectivity index (χ1n) is 5.82. The van der Waals surface area contributed by atoms with Crippen molar-refractivity contribution in [1.29, 1.82) is 0 Å². The van der Waals surface area contributed by atoms with Gasteiger partial charge in [-0.05, 0) is 18.1 Å². The van der Waals surface area contributed by atoms with Gasteiger partial charge in [0.15, 0.2) is 0 Å². The van der Waals surface area contributed by atoms with Crippen molar-refractivity contribution in [2.24, 2.45) is 16.5 Å². The number of aliphatic carboxylic acids is 1. The molecule has 0 aliphatic heterocycles. The number of carbonyl (C=O) groups is 1. The van der Waals surface area contributed by atoms with Gasteiger partial charge in [-0.1, -0.05) is 13.8 Å². The first-order chi connectivity index (χ1) is 7.93. The first-order valence-corrected chi connectivity index (χ1v) is 6.87. The average Bonchev–Trinajstić information content (AvgIpc) is 2.23. The number of hydrogen-bond donors (Lipinski definition) is 3. The molecule has 0 aromatic carbocycles. The van der Waals surface area contributed by atoms with Crippen molar-refractivity contribution in [3.63, 3.8) is 0 Å². The van der Waals surface area contributed by atoms with E-state index in [0.717, 1.165) is 12.2 Å². The Kier molecular flexibility index (Phi) is 17.9. The second-order valence-corrected chi connectivity index (χ2v) is 5.81. The van der Waals surface area contributed by atoms with E-state index in [0.29, 0.717) is 30.5 Å². The van der Waals surface area contributed by atoms with Crippen LogP contribution in [0.2, 0.25) is 0 Å². The highest BCUT2D eigenvalue weighted by Gasteiger charge is 2.09. The summed E-state index contributed by atoms with van der Waals surface area (Å²) in [5.74, 6) is 0.652. The van der Waals surface area contributed by atoms with Crippen LogP contribution in [-0.2, 0) is 4.79 Å². The third-order valence-electron chi connectivity index (χ3n) is 2.11. The Morgan fingerprint density at radius 2 is 1.95 bits per heavy atom. The van der Waals surface area contributed by atoms with Crippen molar-refractivity contribution >= 4 is 48.4 Å². The number of rotatable bonds is 9. The highest BCUT2D eigenvalue weighted by Crippen LogP contribution is 2.09. The zero-order valence-corrected chi connectivity index (χ0v) is 13.8. The fraction of sp³-hybridized carbons (Fsp3) is 0.818. The molecular weight excluding hydrogens is 309 g/mol. The van der Waals surface area contributed by atoms with E-state index in [1.807, 2.05) is 11.8 Å². The van der Waals surface area contributed by atoms with Gasteiger partial charge in [0, 0.05) is 18.7 Å². The minimum atomic E-state index is -0.963. The molecule has 0 saturated heterocycles. The molecule has 0 rings (SSSR count). The van der Waals surface area contributed by atoms with Gasteiger partial charge in [0.05, 0.1) is 5.84 Å². The average molecular weight is 334 g/mol. The molecule has 0 heterocycles. The number of thioether (sulfide) groups is 1. The second kappa shape index (κ2) is 14.2. The number of nitrogens with zero attached hydrogens (tertiary/aromatic N) is 1. The summed E-state index contributed by atoms with van der Waals surface area (Å²) in [4.78, 5) is 14.6. The molecule has 0 aromatic heterocycles. The molecule has 0 radical (unpaired) electrons. The molecule has 19 heavy (non-hydrogen) atoms. The van der Waals surface area contributed by atoms with E-state index in [4.69, 9.17) is 16.6 Å². The summed E-state index contributed by atoms with van der Waals surface area (Å²) in [6, 6.07) is -0.789. The standard InChI is InChI=1S/C11H23N3O2S.2ClH/c1-8(2)17-7-5-10(13)14-6-3-4-9(12)11(15)16;;/h8-9H,3-7,12H2,1-2H3,(H2,13,14)(H,15,16);2*1H/t9-;;/m0../s1. The molecular formula is C11H25Cl2N3O2S. The lowest BCUT2D eigenvalue weighted by Crippen LogP contribution is -2.30. The van der Waals surface area contributed by atoms with Gasteiger partial charge < -0.3 is 16.6 Å². The Morgan fingerprint density at radius 3 is 2.42 bits per heavy atom. The molecule has 8 heteroatoms. The molecule has 116 valence electrons. The van der Waals surface area contributed by atoms with Gasteiger partial charge >= 0.3 is 5.97 Å². The summed E-state index contributed by atoms with van der Waals surface area (Å²) < 4.78 is 0. The van der Waals surface area contributed by atoms with Gasteiger partial charge in [0.1, 0.15) is 6.04 Å². The molecule has 0 fully saturated rings. The van der Waals surface area contributed by atoms with Crippen molar-refractivity contribution in [3.05, 3.63) is 0 Å². The van der Waals surface area contributed by atoms with E-state index in [1.54, 1.807) is 0 Å². The van der Waals surface area contributed by atoms with Crippen LogP contribution in [0.5, 0.6) is 0 Å². The smallest absolute Gasteiger partial charge is 0.320 e. The number of carboxylic acid groups (broad SMARTS) is 1. The minimum absolute atomic E-state index is 0. The third kappa shape index (κ3) is 15.8. The molecule has 0 aromatic rings. The predicted molar refractivity (Wildman–Crippen MR) is 88.0 cm³/mol. The van der Waals surface area contributed by atoms with Crippen LogP contribution >= 0.6 is 36.6 Å². The Labute approximate surface area is 131 Å². The number of amidine groups is 1. The van der Waals surface area contributed by atoms with E-state index >= 15 is 0 Å². The zero-order valence-electron chi connectivity index (χ0n) is 11.4. The lowest BCUT2D eigenvalue weighted by Gasteiger charge is -2.05. The highest BCUT2D eigenvalue weighted by atomic mass is 35.5. The van der Waals surface area contributed by atoms with Crippen molar-refractivity contribution in [2.75, 3.05) is 12.3 Å². The lowest BCUT2D eigenvalue weighted by atomic mass is 10.2. The Morgan fingerprint density at radius 1 is 1.37 bits per heavy atom. The van der Waals surface area contributed by atoms with Crippen molar-refractivity contribution in [1.82, 2.24) is 0 Å². The molecule has 5 nitrogen and oxygen atoms in total. The molecule has 0 spiro atoms. The minimum Gasteiger partial charge on any atom is -0.480 e. The summed E-state index contributed by atoms with van der Waals surface area (Å²) in [5, 5.41) is 9.18. The Bertz CT molecular complexity index is 266. The molecule has 5 N–H and O–H groups in total. The number of aliphatic imine (C=N–C) groups is 1. The van der Waals surface area contributed by atoms with E-state index in [2.05, 4.69) is 18.8 Å². The molecule has 0 aliphatic rings. The van der Waals surface area contributed by atoms with Gasteiger partial charge in [-0.15, -0.1) is 24.8 Å². The van der Waals surface area contributed by atoms with Crippen LogP contribution in [0.4, 0.5) is 0 Å². The maximum absolute atomic E-state index is 10.4. The van der Waals surface area contributed by atoms with Crippen LogP contribution in [0.3, 0.4) is 0 Å². The van der Waals surface area contributed by atoms with Crippen molar-refractivity contribution < 1.29 is 9.90 Å². The highest BCUT2D eigenvalue weighted by molar-refractivity contribution is 7.99. The summed E-state index contributed by atoms with van der Waals surface area (Å²) >= 11 is 1.85. The summed E-state index contributed by atoms with van der Waals surface area (Å²) in [5.41, 5.74) is 11.1. The molecule has 0 amide bonds. The summed E-state index contributed by atoms with van der Waals surface area (Å²) in [6.45, 7) is 4.84. The van der Waals surface area contributed by atoms with Gasteiger partial charge in [-0.3, -0.25) is 9.79 Å². The van der Waals surface area contributed by atoms with Crippen LogP contribution < -0.4 is 11.5 Å². The van der Waals surface area contributed by atoms with Crippen molar-refractivity contribution in [3.8, 4) is 0 Å². The number of hydrogen-bond acceptors (Lipinski definition) is 4. The predicted octanol–water partition coefficient (Wildman–Crippen LogP) is 1.91. The van der Waals surface area contributed by atoms with Gasteiger partial charge in [0.25, 0.3) is 0 Å². The second-order valence-electron chi connectivity index (χ2n) is 4.13. The number of halogens is 2. The van der Waals surface area contributed by atoms with Gasteiger partial charge in [-0.2, -0.15) is 11.8 Å². The molecule has 0 unspecified atom stereocenters. The zero-order chi connectivity index (χ0) is 13.3. The quantitative estimate of drug-likeness (QED) is 0.340. The van der Waals surface area contributed by atoms with Gasteiger partial charge in [-0.25, -0.2) is 0 Å². The Balaban J connectivity index is -0.00000128.